The minimum absolute atomic E-state index is 0.0726. The molecular weight excluding hydrogens is 326 g/mol. The van der Waals surface area contributed by atoms with Gasteiger partial charge in [-0.05, 0) is 42.0 Å². The fraction of sp³-hybridized carbons (Fsp3) is 0.389. The number of carbonyl (C=O) groups is 1. The predicted molar refractivity (Wildman–Crippen MR) is 94.2 cm³/mol. The molecule has 1 atom stereocenters. The number of methoxy groups -OCH3 is 2. The molecule has 128 valence electrons. The van der Waals surface area contributed by atoms with E-state index in [1.165, 1.54) is 10.4 Å². The van der Waals surface area contributed by atoms with E-state index in [9.17, 15) is 4.79 Å². The van der Waals surface area contributed by atoms with E-state index in [2.05, 4.69) is 16.8 Å². The average Bonchev–Trinajstić information content (AvgIpc) is 3.06. The Hall–Kier alpha value is -2.05. The minimum Gasteiger partial charge on any atom is -0.493 e. The maximum atomic E-state index is 12.5. The zero-order valence-corrected chi connectivity index (χ0v) is 14.9. The van der Waals surface area contributed by atoms with E-state index in [-0.39, 0.29) is 12.0 Å². The zero-order chi connectivity index (χ0) is 17.1. The molecule has 0 radical (unpaired) electrons. The summed E-state index contributed by atoms with van der Waals surface area (Å²) in [5, 5.41) is 5.01. The third kappa shape index (κ3) is 3.39. The van der Waals surface area contributed by atoms with Crippen LogP contribution in [0.3, 0.4) is 0 Å². The van der Waals surface area contributed by atoms with Gasteiger partial charge in [0.25, 0.3) is 0 Å². The van der Waals surface area contributed by atoms with Crippen molar-refractivity contribution in [2.45, 2.75) is 25.9 Å². The Kier molecular flexibility index (Phi) is 5.06. The molecule has 0 aliphatic carbocycles. The van der Waals surface area contributed by atoms with Crippen LogP contribution in [0.5, 0.6) is 11.5 Å². The molecule has 0 bridgehead atoms. The zero-order valence-electron chi connectivity index (χ0n) is 14.0. The summed E-state index contributed by atoms with van der Waals surface area (Å²) in [4.78, 5) is 13.6. The first-order valence-corrected chi connectivity index (χ1v) is 8.70. The number of amides is 1. The molecular formula is C18H21NO4S. The van der Waals surface area contributed by atoms with E-state index in [0.29, 0.717) is 24.5 Å². The van der Waals surface area contributed by atoms with Gasteiger partial charge in [-0.15, -0.1) is 11.3 Å². The standard InChI is InChI=1S/C18H21NO4S/c1-11-8-14(21-2)15(22-3)9-13(11)19-17(20)10-16-18-12(4-6-23-16)5-7-24-18/h5,7-9,16H,4,6,10H2,1-3H3,(H,19,20)/t16-/m1/s1. The topological polar surface area (TPSA) is 56.8 Å². The van der Waals surface area contributed by atoms with Crippen molar-refractivity contribution >= 4 is 22.9 Å². The maximum Gasteiger partial charge on any atom is 0.227 e. The van der Waals surface area contributed by atoms with Crippen molar-refractivity contribution in [3.05, 3.63) is 39.6 Å². The number of carbonyl (C=O) groups excluding carboxylic acids is 1. The van der Waals surface area contributed by atoms with Crippen LogP contribution in [0.1, 0.15) is 28.5 Å². The largest absolute Gasteiger partial charge is 0.493 e. The maximum absolute atomic E-state index is 12.5. The van der Waals surface area contributed by atoms with Crippen molar-refractivity contribution in [1.29, 1.82) is 0 Å². The fourth-order valence-electron chi connectivity index (χ4n) is 2.86. The fourth-order valence-corrected chi connectivity index (χ4v) is 3.86. The number of fused-ring (bicyclic) bond motifs is 1. The predicted octanol–water partition coefficient (Wildman–Crippen LogP) is 3.72. The molecule has 1 aliphatic rings. The van der Waals surface area contributed by atoms with Crippen molar-refractivity contribution in [3.63, 3.8) is 0 Å². The summed E-state index contributed by atoms with van der Waals surface area (Å²) in [6, 6.07) is 5.75. The van der Waals surface area contributed by atoms with Crippen LogP contribution in [0.15, 0.2) is 23.6 Å². The smallest absolute Gasteiger partial charge is 0.227 e. The molecule has 1 aromatic heterocycles. The van der Waals surface area contributed by atoms with Gasteiger partial charge in [-0.2, -0.15) is 0 Å². The van der Waals surface area contributed by atoms with E-state index >= 15 is 0 Å². The third-order valence-corrected chi connectivity index (χ3v) is 5.19. The Morgan fingerprint density at radius 1 is 1.33 bits per heavy atom. The molecule has 6 heteroatoms. The van der Waals surface area contributed by atoms with Crippen LogP contribution in [-0.4, -0.2) is 26.7 Å². The number of ether oxygens (including phenoxy) is 3. The molecule has 5 nitrogen and oxygen atoms in total. The van der Waals surface area contributed by atoms with Crippen molar-refractivity contribution in [2.24, 2.45) is 0 Å². The summed E-state index contributed by atoms with van der Waals surface area (Å²) in [7, 11) is 3.17. The summed E-state index contributed by atoms with van der Waals surface area (Å²) in [6.45, 7) is 2.59. The Morgan fingerprint density at radius 3 is 2.83 bits per heavy atom. The van der Waals surface area contributed by atoms with Gasteiger partial charge in [0.15, 0.2) is 11.5 Å². The first-order valence-electron chi connectivity index (χ1n) is 7.82. The highest BCUT2D eigenvalue weighted by Gasteiger charge is 2.25. The summed E-state index contributed by atoms with van der Waals surface area (Å²) in [6.07, 6.45) is 1.07. The number of aryl methyl sites for hydroxylation is 1. The first-order chi connectivity index (χ1) is 11.6. The van der Waals surface area contributed by atoms with E-state index in [0.717, 1.165) is 17.7 Å². The van der Waals surface area contributed by atoms with Gasteiger partial charge < -0.3 is 19.5 Å². The number of rotatable bonds is 5. The lowest BCUT2D eigenvalue weighted by atomic mass is 10.1. The van der Waals surface area contributed by atoms with E-state index in [1.54, 1.807) is 31.6 Å². The molecule has 1 amide bonds. The lowest BCUT2D eigenvalue weighted by molar-refractivity contribution is -0.119. The average molecular weight is 347 g/mol. The molecule has 0 saturated carbocycles. The second-order valence-corrected chi connectivity index (χ2v) is 6.64. The number of anilines is 1. The van der Waals surface area contributed by atoms with Crippen LogP contribution in [0, 0.1) is 6.92 Å². The highest BCUT2D eigenvalue weighted by molar-refractivity contribution is 7.10. The summed E-state index contributed by atoms with van der Waals surface area (Å²) < 4.78 is 16.4. The van der Waals surface area contributed by atoms with Crippen LogP contribution in [-0.2, 0) is 16.0 Å². The quantitative estimate of drug-likeness (QED) is 0.896. The van der Waals surface area contributed by atoms with E-state index in [1.807, 2.05) is 13.0 Å². The molecule has 1 aromatic carbocycles. The monoisotopic (exact) mass is 347 g/mol. The molecule has 2 aromatic rings. The van der Waals surface area contributed by atoms with Gasteiger partial charge in [0, 0.05) is 16.6 Å². The lowest BCUT2D eigenvalue weighted by Gasteiger charge is -2.23. The van der Waals surface area contributed by atoms with Crippen LogP contribution in [0.2, 0.25) is 0 Å². The van der Waals surface area contributed by atoms with Crippen molar-refractivity contribution in [1.82, 2.24) is 0 Å². The number of hydrogen-bond acceptors (Lipinski definition) is 5. The normalized spacial score (nSPS) is 16.4. The summed E-state index contributed by atoms with van der Waals surface area (Å²) in [5.41, 5.74) is 2.94. The van der Waals surface area contributed by atoms with Gasteiger partial charge in [0.2, 0.25) is 5.91 Å². The number of hydrogen-bond donors (Lipinski definition) is 1. The third-order valence-electron chi connectivity index (χ3n) is 4.14. The van der Waals surface area contributed by atoms with Crippen molar-refractivity contribution < 1.29 is 19.0 Å². The van der Waals surface area contributed by atoms with Gasteiger partial charge in [-0.3, -0.25) is 4.79 Å². The molecule has 0 unspecified atom stereocenters. The summed E-state index contributed by atoms with van der Waals surface area (Å²) >= 11 is 1.65. The Labute approximate surface area is 145 Å². The first kappa shape index (κ1) is 16.8. The van der Waals surface area contributed by atoms with Crippen molar-refractivity contribution in [2.75, 3.05) is 26.1 Å². The highest BCUT2D eigenvalue weighted by Crippen LogP contribution is 2.35. The molecule has 0 saturated heterocycles. The second kappa shape index (κ2) is 7.23. The molecule has 3 rings (SSSR count). The highest BCUT2D eigenvalue weighted by atomic mass is 32.1. The van der Waals surface area contributed by atoms with Gasteiger partial charge in [-0.1, -0.05) is 0 Å². The molecule has 1 aliphatic heterocycles. The van der Waals surface area contributed by atoms with Gasteiger partial charge in [0.1, 0.15) is 6.10 Å². The van der Waals surface area contributed by atoms with Crippen LogP contribution < -0.4 is 14.8 Å². The Balaban J connectivity index is 1.72. The molecule has 24 heavy (non-hydrogen) atoms. The minimum atomic E-state index is -0.158. The lowest BCUT2D eigenvalue weighted by Crippen LogP contribution is -2.21. The van der Waals surface area contributed by atoms with E-state index in [4.69, 9.17) is 14.2 Å². The molecule has 0 fully saturated rings. The van der Waals surface area contributed by atoms with Crippen molar-refractivity contribution in [3.8, 4) is 11.5 Å². The van der Waals surface area contributed by atoms with E-state index < -0.39 is 0 Å². The van der Waals surface area contributed by atoms with Crippen LogP contribution in [0.4, 0.5) is 5.69 Å². The van der Waals surface area contributed by atoms with Crippen LogP contribution in [0.25, 0.3) is 0 Å². The summed E-state index contributed by atoms with van der Waals surface area (Å²) in [5.74, 6) is 1.16. The van der Waals surface area contributed by atoms with Gasteiger partial charge in [-0.25, -0.2) is 0 Å². The Bertz CT molecular complexity index is 741. The Morgan fingerprint density at radius 2 is 2.08 bits per heavy atom. The number of nitrogens with one attached hydrogen (secondary N) is 1. The van der Waals surface area contributed by atoms with Gasteiger partial charge >= 0.3 is 0 Å². The second-order valence-electron chi connectivity index (χ2n) is 5.69. The molecule has 2 heterocycles. The molecule has 0 spiro atoms. The van der Waals surface area contributed by atoms with Crippen LogP contribution >= 0.6 is 11.3 Å². The van der Waals surface area contributed by atoms with Gasteiger partial charge in [0.05, 0.1) is 27.2 Å². The number of thiophene rings is 1. The SMILES string of the molecule is COc1cc(C)c(NC(=O)C[C@H]2OCCc3ccsc32)cc1OC. The number of benzene rings is 1. The molecule has 1 N–H and O–H groups in total.